The van der Waals surface area contributed by atoms with E-state index in [4.69, 9.17) is 0 Å². The minimum atomic E-state index is -0.963. The maximum atomic E-state index is 11.5. The Bertz CT molecular complexity index is 480. The highest BCUT2D eigenvalue weighted by molar-refractivity contribution is 5.72. The summed E-state index contributed by atoms with van der Waals surface area (Å²) >= 11 is 0. The van der Waals surface area contributed by atoms with E-state index in [0.717, 1.165) is 6.42 Å². The number of rotatable bonds is 6. The van der Waals surface area contributed by atoms with Gasteiger partial charge in [-0.3, -0.25) is 0 Å². The number of aromatic nitrogens is 6. The minimum Gasteiger partial charge on any atom is -0.480 e. The van der Waals surface area contributed by atoms with Crippen molar-refractivity contribution in [1.82, 2.24) is 30.0 Å². The molecule has 0 aliphatic carbocycles. The number of aliphatic carboxylic acids is 1. The van der Waals surface area contributed by atoms with Crippen LogP contribution in [0.1, 0.15) is 31.8 Å². The molecule has 18 heavy (non-hydrogen) atoms. The van der Waals surface area contributed by atoms with Crippen LogP contribution in [0, 0.1) is 0 Å². The zero-order valence-corrected chi connectivity index (χ0v) is 9.92. The maximum Gasteiger partial charge on any atom is 0.330 e. The average Bonchev–Trinajstić information content (AvgIpc) is 3.01. The molecule has 8 nitrogen and oxygen atoms in total. The van der Waals surface area contributed by atoms with E-state index in [1.807, 2.05) is 6.92 Å². The lowest BCUT2D eigenvalue weighted by Gasteiger charge is -2.23. The first-order valence-corrected chi connectivity index (χ1v) is 5.68. The van der Waals surface area contributed by atoms with Crippen LogP contribution in [0.25, 0.3) is 0 Å². The summed E-state index contributed by atoms with van der Waals surface area (Å²) in [5.74, 6) is -0.963. The molecule has 0 fully saturated rings. The van der Waals surface area contributed by atoms with Crippen LogP contribution < -0.4 is 0 Å². The standard InChI is InChI=1S/C10H14N6O2/c1-2-3-8(15-6-4-11-13-15)9(10(17)18)16-7-5-12-14-16/h4-9H,2-3H2,1H3,(H,17,18). The molecular weight excluding hydrogens is 236 g/mol. The molecule has 2 aromatic heterocycles. The smallest absolute Gasteiger partial charge is 0.330 e. The highest BCUT2D eigenvalue weighted by atomic mass is 16.4. The summed E-state index contributed by atoms with van der Waals surface area (Å²) in [6.45, 7) is 1.99. The van der Waals surface area contributed by atoms with Gasteiger partial charge in [0.05, 0.1) is 18.4 Å². The summed E-state index contributed by atoms with van der Waals surface area (Å²) in [7, 11) is 0. The third-order valence-electron chi connectivity index (χ3n) is 2.71. The Hall–Kier alpha value is -2.25. The summed E-state index contributed by atoms with van der Waals surface area (Å²) < 4.78 is 2.90. The van der Waals surface area contributed by atoms with E-state index in [0.29, 0.717) is 6.42 Å². The molecule has 2 aromatic rings. The molecule has 0 saturated heterocycles. The van der Waals surface area contributed by atoms with Crippen LogP contribution in [0.3, 0.4) is 0 Å². The molecule has 0 radical (unpaired) electrons. The monoisotopic (exact) mass is 250 g/mol. The predicted octanol–water partition coefficient (Wildman–Crippen LogP) is 0.537. The highest BCUT2D eigenvalue weighted by Crippen LogP contribution is 2.26. The van der Waals surface area contributed by atoms with Crippen LogP contribution in [-0.2, 0) is 4.79 Å². The largest absolute Gasteiger partial charge is 0.480 e. The van der Waals surface area contributed by atoms with Crippen molar-refractivity contribution in [2.45, 2.75) is 31.8 Å². The third-order valence-corrected chi connectivity index (χ3v) is 2.71. The molecule has 0 aliphatic heterocycles. The summed E-state index contributed by atoms with van der Waals surface area (Å²) in [6, 6.07) is -1.18. The average molecular weight is 250 g/mol. The topological polar surface area (TPSA) is 98.7 Å². The summed E-state index contributed by atoms with van der Waals surface area (Å²) in [6.07, 6.45) is 7.69. The molecular formula is C10H14N6O2. The Labute approximate surface area is 103 Å². The van der Waals surface area contributed by atoms with Gasteiger partial charge in [-0.2, -0.15) is 0 Å². The number of hydrogen-bond donors (Lipinski definition) is 1. The molecule has 0 spiro atoms. The summed E-state index contributed by atoms with van der Waals surface area (Å²) in [5, 5.41) is 24.4. The molecule has 0 aliphatic rings. The van der Waals surface area contributed by atoms with Crippen molar-refractivity contribution in [2.24, 2.45) is 0 Å². The van der Waals surface area contributed by atoms with Crippen molar-refractivity contribution in [1.29, 1.82) is 0 Å². The highest BCUT2D eigenvalue weighted by Gasteiger charge is 2.32. The molecule has 2 unspecified atom stereocenters. The second kappa shape index (κ2) is 5.39. The van der Waals surface area contributed by atoms with Crippen molar-refractivity contribution < 1.29 is 9.90 Å². The zero-order chi connectivity index (χ0) is 13.0. The van der Waals surface area contributed by atoms with Gasteiger partial charge in [0.15, 0.2) is 6.04 Å². The minimum absolute atomic E-state index is 0.336. The molecule has 0 bridgehead atoms. The molecule has 96 valence electrons. The fourth-order valence-corrected chi connectivity index (χ4v) is 1.94. The van der Waals surface area contributed by atoms with E-state index >= 15 is 0 Å². The molecule has 2 atom stereocenters. The lowest BCUT2D eigenvalue weighted by molar-refractivity contribution is -0.143. The SMILES string of the molecule is CCCC(C(C(=O)O)n1ccnn1)n1ccnn1. The van der Waals surface area contributed by atoms with E-state index in [9.17, 15) is 9.90 Å². The quantitative estimate of drug-likeness (QED) is 0.803. The Kier molecular flexibility index (Phi) is 3.66. The van der Waals surface area contributed by atoms with Gasteiger partial charge in [-0.05, 0) is 6.42 Å². The van der Waals surface area contributed by atoms with Gasteiger partial charge in [-0.1, -0.05) is 23.8 Å². The lowest BCUT2D eigenvalue weighted by Crippen LogP contribution is -2.30. The van der Waals surface area contributed by atoms with Crippen LogP contribution in [0.5, 0.6) is 0 Å². The Morgan fingerprint density at radius 3 is 2.28 bits per heavy atom. The molecule has 2 heterocycles. The van der Waals surface area contributed by atoms with Gasteiger partial charge in [0.25, 0.3) is 0 Å². The van der Waals surface area contributed by atoms with E-state index in [1.165, 1.54) is 17.1 Å². The molecule has 1 N–H and O–H groups in total. The Morgan fingerprint density at radius 2 is 1.83 bits per heavy atom. The van der Waals surface area contributed by atoms with Crippen molar-refractivity contribution in [3.05, 3.63) is 24.8 Å². The van der Waals surface area contributed by atoms with E-state index < -0.39 is 12.0 Å². The van der Waals surface area contributed by atoms with Gasteiger partial charge in [0, 0.05) is 12.4 Å². The van der Waals surface area contributed by atoms with Crippen molar-refractivity contribution >= 4 is 5.97 Å². The van der Waals surface area contributed by atoms with Crippen LogP contribution >= 0.6 is 0 Å². The number of carboxylic acids is 1. The zero-order valence-electron chi connectivity index (χ0n) is 9.92. The fourth-order valence-electron chi connectivity index (χ4n) is 1.94. The van der Waals surface area contributed by atoms with Gasteiger partial charge in [0.1, 0.15) is 0 Å². The van der Waals surface area contributed by atoms with Gasteiger partial charge in [-0.15, -0.1) is 10.2 Å². The summed E-state index contributed by atoms with van der Waals surface area (Å²) in [4.78, 5) is 11.5. The number of hydrogen-bond acceptors (Lipinski definition) is 5. The Balaban J connectivity index is 2.35. The molecule has 2 rings (SSSR count). The van der Waals surface area contributed by atoms with Crippen LogP contribution in [0.2, 0.25) is 0 Å². The first-order valence-electron chi connectivity index (χ1n) is 5.68. The van der Waals surface area contributed by atoms with Crippen LogP contribution in [-0.4, -0.2) is 41.1 Å². The summed E-state index contributed by atoms with van der Waals surface area (Å²) in [5.41, 5.74) is 0. The van der Waals surface area contributed by atoms with Crippen molar-refractivity contribution in [3.63, 3.8) is 0 Å². The first kappa shape index (κ1) is 12.2. The number of carbonyl (C=O) groups is 1. The van der Waals surface area contributed by atoms with Crippen molar-refractivity contribution in [2.75, 3.05) is 0 Å². The van der Waals surface area contributed by atoms with E-state index in [1.54, 1.807) is 17.1 Å². The van der Waals surface area contributed by atoms with E-state index in [2.05, 4.69) is 20.6 Å². The van der Waals surface area contributed by atoms with Gasteiger partial charge in [0.2, 0.25) is 0 Å². The molecule has 0 aromatic carbocycles. The molecule has 0 saturated carbocycles. The normalized spacial score (nSPS) is 14.3. The number of nitrogens with zero attached hydrogens (tertiary/aromatic N) is 6. The second-order valence-corrected chi connectivity index (χ2v) is 3.91. The van der Waals surface area contributed by atoms with Gasteiger partial charge in [-0.25, -0.2) is 14.2 Å². The van der Waals surface area contributed by atoms with Gasteiger partial charge < -0.3 is 5.11 Å². The third kappa shape index (κ3) is 2.36. The van der Waals surface area contributed by atoms with Crippen LogP contribution in [0.15, 0.2) is 24.8 Å². The van der Waals surface area contributed by atoms with Gasteiger partial charge >= 0.3 is 5.97 Å². The van der Waals surface area contributed by atoms with E-state index in [-0.39, 0.29) is 6.04 Å². The van der Waals surface area contributed by atoms with Crippen molar-refractivity contribution in [3.8, 4) is 0 Å². The molecule has 0 amide bonds. The Morgan fingerprint density at radius 1 is 1.22 bits per heavy atom. The predicted molar refractivity (Wildman–Crippen MR) is 60.7 cm³/mol. The van der Waals surface area contributed by atoms with Crippen LogP contribution in [0.4, 0.5) is 0 Å². The lowest BCUT2D eigenvalue weighted by atomic mass is 10.0. The maximum absolute atomic E-state index is 11.5. The second-order valence-electron chi connectivity index (χ2n) is 3.91. The first-order chi connectivity index (χ1) is 8.74. The molecule has 8 heteroatoms. The fraction of sp³-hybridized carbons (Fsp3) is 0.500. The number of carboxylic acid groups (broad SMARTS) is 1.